The van der Waals surface area contributed by atoms with Crippen molar-refractivity contribution in [3.05, 3.63) is 30.0 Å². The van der Waals surface area contributed by atoms with E-state index in [0.29, 0.717) is 5.75 Å². The van der Waals surface area contributed by atoms with E-state index in [4.69, 9.17) is 14.6 Å². The van der Waals surface area contributed by atoms with Crippen LogP contribution in [0.1, 0.15) is 5.56 Å². The molecule has 3 N–H and O–H groups in total. The summed E-state index contributed by atoms with van der Waals surface area (Å²) >= 11 is 0. The van der Waals surface area contributed by atoms with Gasteiger partial charge in [-0.2, -0.15) is 0 Å². The number of carboxylic acid groups (broad SMARTS) is 1. The van der Waals surface area contributed by atoms with E-state index in [2.05, 4.69) is 10.3 Å². The first kappa shape index (κ1) is 15.8. The number of hydrogen-bond donors (Lipinski definition) is 3. The maximum absolute atomic E-state index is 12.0. The summed E-state index contributed by atoms with van der Waals surface area (Å²) < 4.78 is 10.1. The third-order valence-electron chi connectivity index (χ3n) is 3.36. The second-order valence-corrected chi connectivity index (χ2v) is 4.74. The number of H-pyrrole nitrogens is 1. The van der Waals surface area contributed by atoms with Crippen LogP contribution in [0.5, 0.6) is 5.75 Å². The Kier molecular flexibility index (Phi) is 5.00. The van der Waals surface area contributed by atoms with Crippen LogP contribution in [0.4, 0.5) is 0 Å². The first-order valence-electron chi connectivity index (χ1n) is 6.72. The number of aromatic nitrogens is 1. The highest BCUT2D eigenvalue weighted by atomic mass is 16.5. The van der Waals surface area contributed by atoms with E-state index < -0.39 is 12.1 Å². The second kappa shape index (κ2) is 6.95. The molecule has 1 atom stereocenters. The van der Waals surface area contributed by atoms with Gasteiger partial charge in [0, 0.05) is 24.2 Å². The summed E-state index contributed by atoms with van der Waals surface area (Å²) in [6.45, 7) is -0.0792. The minimum atomic E-state index is -1.11. The predicted molar refractivity (Wildman–Crippen MR) is 80.0 cm³/mol. The second-order valence-electron chi connectivity index (χ2n) is 4.74. The molecule has 7 heteroatoms. The van der Waals surface area contributed by atoms with Crippen LogP contribution in [-0.2, 0) is 20.7 Å². The van der Waals surface area contributed by atoms with Crippen LogP contribution in [0, 0.1) is 0 Å². The van der Waals surface area contributed by atoms with Gasteiger partial charge >= 0.3 is 5.97 Å². The Balaban J connectivity index is 2.08. The molecule has 2 aromatic rings. The number of ether oxygens (including phenoxy) is 2. The number of hydrogen-bond acceptors (Lipinski definition) is 4. The zero-order chi connectivity index (χ0) is 16.1. The third-order valence-corrected chi connectivity index (χ3v) is 3.36. The Hall–Kier alpha value is -2.54. The number of aromatic amines is 1. The van der Waals surface area contributed by atoms with Crippen LogP contribution >= 0.6 is 0 Å². The van der Waals surface area contributed by atoms with E-state index in [1.165, 1.54) is 7.11 Å². The molecule has 22 heavy (non-hydrogen) atoms. The Bertz CT molecular complexity index is 680. The molecule has 1 aromatic heterocycles. The number of carboxylic acids is 1. The van der Waals surface area contributed by atoms with Crippen LogP contribution in [0.15, 0.2) is 24.4 Å². The quantitative estimate of drug-likeness (QED) is 0.706. The number of methoxy groups -OCH3 is 2. The average Bonchev–Trinajstić information content (AvgIpc) is 2.90. The van der Waals surface area contributed by atoms with Gasteiger partial charge in [0.15, 0.2) is 6.10 Å². The number of benzene rings is 1. The molecule has 0 bridgehead atoms. The molecule has 0 saturated heterocycles. The van der Waals surface area contributed by atoms with Crippen molar-refractivity contribution >= 4 is 22.8 Å². The van der Waals surface area contributed by atoms with Crippen molar-refractivity contribution in [1.82, 2.24) is 10.3 Å². The van der Waals surface area contributed by atoms with Crippen molar-refractivity contribution in [2.45, 2.75) is 12.5 Å². The molecule has 0 aliphatic heterocycles. The summed E-state index contributed by atoms with van der Waals surface area (Å²) in [6.07, 6.45) is 0.815. The van der Waals surface area contributed by atoms with Crippen molar-refractivity contribution in [3.8, 4) is 5.75 Å². The van der Waals surface area contributed by atoms with E-state index in [9.17, 15) is 9.59 Å². The molecular weight excluding hydrogens is 288 g/mol. The highest BCUT2D eigenvalue weighted by Crippen LogP contribution is 2.28. The summed E-state index contributed by atoms with van der Waals surface area (Å²) in [5.74, 6) is -0.714. The molecule has 118 valence electrons. The van der Waals surface area contributed by atoms with E-state index in [0.717, 1.165) is 16.5 Å². The first-order valence-corrected chi connectivity index (χ1v) is 6.72. The van der Waals surface area contributed by atoms with Crippen LogP contribution < -0.4 is 10.1 Å². The van der Waals surface area contributed by atoms with Gasteiger partial charge < -0.3 is 24.9 Å². The molecule has 1 amide bonds. The third kappa shape index (κ3) is 3.37. The van der Waals surface area contributed by atoms with Crippen LogP contribution in [0.25, 0.3) is 10.9 Å². The fourth-order valence-corrected chi connectivity index (χ4v) is 2.24. The molecule has 0 saturated carbocycles. The minimum absolute atomic E-state index is 0.0792. The van der Waals surface area contributed by atoms with Gasteiger partial charge in [0.05, 0.1) is 20.1 Å². The number of carbonyl (C=O) groups is 2. The smallest absolute Gasteiger partial charge is 0.334 e. The van der Waals surface area contributed by atoms with Gasteiger partial charge in [-0.3, -0.25) is 4.79 Å². The Morgan fingerprint density at radius 1 is 1.36 bits per heavy atom. The maximum Gasteiger partial charge on any atom is 0.334 e. The molecule has 0 aliphatic carbocycles. The van der Waals surface area contributed by atoms with Crippen molar-refractivity contribution in [2.75, 3.05) is 20.8 Å². The fourth-order valence-electron chi connectivity index (χ4n) is 2.24. The van der Waals surface area contributed by atoms with Crippen LogP contribution in [-0.4, -0.2) is 48.8 Å². The molecule has 0 fully saturated rings. The van der Waals surface area contributed by atoms with E-state index >= 15 is 0 Å². The lowest BCUT2D eigenvalue weighted by atomic mass is 10.1. The molecular formula is C15H18N2O5. The number of carbonyl (C=O) groups excluding carboxylic acids is 1. The largest absolute Gasteiger partial charge is 0.496 e. The van der Waals surface area contributed by atoms with Crippen LogP contribution in [0.2, 0.25) is 0 Å². The summed E-state index contributed by atoms with van der Waals surface area (Å²) in [6, 6.07) is 5.57. The molecule has 1 heterocycles. The van der Waals surface area contributed by atoms with Crippen molar-refractivity contribution in [1.29, 1.82) is 0 Å². The number of nitrogens with one attached hydrogen (secondary N) is 2. The van der Waals surface area contributed by atoms with E-state index in [-0.39, 0.29) is 18.9 Å². The Labute approximate surface area is 127 Å². The highest BCUT2D eigenvalue weighted by molar-refractivity contribution is 5.93. The van der Waals surface area contributed by atoms with Gasteiger partial charge in [0.2, 0.25) is 5.91 Å². The van der Waals surface area contributed by atoms with E-state index in [1.54, 1.807) is 13.3 Å². The number of amides is 1. The molecule has 0 aliphatic rings. The van der Waals surface area contributed by atoms with Gasteiger partial charge in [-0.05, 0) is 17.7 Å². The Morgan fingerprint density at radius 2 is 2.14 bits per heavy atom. The monoisotopic (exact) mass is 306 g/mol. The van der Waals surface area contributed by atoms with Crippen molar-refractivity contribution < 1.29 is 24.2 Å². The normalized spacial score (nSPS) is 12.1. The van der Waals surface area contributed by atoms with Gasteiger partial charge in [0.25, 0.3) is 0 Å². The Morgan fingerprint density at radius 3 is 2.77 bits per heavy atom. The topological polar surface area (TPSA) is 101 Å². The van der Waals surface area contributed by atoms with Gasteiger partial charge in [-0.1, -0.05) is 6.07 Å². The average molecular weight is 306 g/mol. The summed E-state index contributed by atoms with van der Waals surface area (Å²) in [5.41, 5.74) is 1.66. The number of fused-ring (bicyclic) bond motifs is 1. The predicted octanol–water partition coefficient (Wildman–Crippen LogP) is 0.935. The molecule has 0 spiro atoms. The zero-order valence-electron chi connectivity index (χ0n) is 12.4. The first-order chi connectivity index (χ1) is 10.6. The summed E-state index contributed by atoms with van der Waals surface area (Å²) in [4.78, 5) is 25.9. The molecule has 2 rings (SSSR count). The SMILES string of the molecule is COc1cccc2[nH]cc(CC(=O)NCC(OC)C(=O)O)c12. The summed E-state index contributed by atoms with van der Waals surface area (Å²) in [5, 5.41) is 12.3. The van der Waals surface area contributed by atoms with Gasteiger partial charge in [-0.25, -0.2) is 4.79 Å². The lowest BCUT2D eigenvalue weighted by molar-refractivity contribution is -0.148. The molecule has 1 aromatic carbocycles. The molecule has 1 unspecified atom stereocenters. The standard InChI is InChI=1S/C15H18N2O5/c1-21-11-5-3-4-10-14(11)9(7-16-10)6-13(18)17-8-12(22-2)15(19)20/h3-5,7,12,16H,6,8H2,1-2H3,(H,17,18)(H,19,20). The van der Waals surface area contributed by atoms with Crippen molar-refractivity contribution in [2.24, 2.45) is 0 Å². The maximum atomic E-state index is 12.0. The number of aliphatic carboxylic acids is 1. The highest BCUT2D eigenvalue weighted by Gasteiger charge is 2.18. The molecule has 7 nitrogen and oxygen atoms in total. The van der Waals surface area contributed by atoms with Crippen LogP contribution in [0.3, 0.4) is 0 Å². The van der Waals surface area contributed by atoms with Gasteiger partial charge in [-0.15, -0.1) is 0 Å². The summed E-state index contributed by atoms with van der Waals surface area (Å²) in [7, 11) is 2.86. The fraction of sp³-hybridized carbons (Fsp3) is 0.333. The lowest BCUT2D eigenvalue weighted by Gasteiger charge is -2.11. The minimum Gasteiger partial charge on any atom is -0.496 e. The van der Waals surface area contributed by atoms with Crippen molar-refractivity contribution in [3.63, 3.8) is 0 Å². The zero-order valence-corrected chi connectivity index (χ0v) is 12.4. The number of rotatable bonds is 7. The van der Waals surface area contributed by atoms with E-state index in [1.807, 2.05) is 18.2 Å². The molecule has 0 radical (unpaired) electrons. The lowest BCUT2D eigenvalue weighted by Crippen LogP contribution is -2.38. The van der Waals surface area contributed by atoms with Gasteiger partial charge in [0.1, 0.15) is 5.75 Å².